The molecule has 1 aliphatic rings. The lowest BCUT2D eigenvalue weighted by molar-refractivity contribution is 0.117. The van der Waals surface area contributed by atoms with E-state index in [4.69, 9.17) is 4.74 Å². The minimum absolute atomic E-state index is 0.197. The fourth-order valence-electron chi connectivity index (χ4n) is 2.18. The molecule has 1 aliphatic heterocycles. The maximum atomic E-state index is 9.92. The first kappa shape index (κ1) is 10.5. The van der Waals surface area contributed by atoms with Crippen molar-refractivity contribution in [1.82, 2.24) is 5.32 Å². The van der Waals surface area contributed by atoms with Crippen molar-refractivity contribution in [3.8, 4) is 5.75 Å². The topological polar surface area (TPSA) is 41.5 Å². The van der Waals surface area contributed by atoms with Crippen LogP contribution in [-0.4, -0.2) is 31.4 Å². The highest BCUT2D eigenvalue weighted by Gasteiger charge is 2.26. The van der Waals surface area contributed by atoms with Gasteiger partial charge in [0.25, 0.3) is 0 Å². The van der Waals surface area contributed by atoms with Crippen LogP contribution in [0.1, 0.15) is 17.9 Å². The molecule has 2 atom stereocenters. The molecule has 1 fully saturated rings. The number of methoxy groups -OCH3 is 1. The Balaban J connectivity index is 2.26. The standard InChI is InChI=1S/C12H17NO2/c1-15-12-5-3-2-4-10(12)9-6-7-13-8-11(9)14/h2-5,9,11,13-14H,6-8H2,1H3. The fraction of sp³-hybridized carbons (Fsp3) is 0.500. The van der Waals surface area contributed by atoms with Crippen molar-refractivity contribution in [3.05, 3.63) is 29.8 Å². The van der Waals surface area contributed by atoms with E-state index in [2.05, 4.69) is 5.32 Å². The van der Waals surface area contributed by atoms with Crippen LogP contribution in [0.15, 0.2) is 24.3 Å². The second-order valence-corrected chi connectivity index (χ2v) is 3.91. The van der Waals surface area contributed by atoms with Crippen molar-refractivity contribution < 1.29 is 9.84 Å². The van der Waals surface area contributed by atoms with Crippen LogP contribution >= 0.6 is 0 Å². The van der Waals surface area contributed by atoms with Crippen LogP contribution in [-0.2, 0) is 0 Å². The number of hydrogen-bond donors (Lipinski definition) is 2. The van der Waals surface area contributed by atoms with E-state index < -0.39 is 0 Å². The third-order valence-corrected chi connectivity index (χ3v) is 2.99. The quantitative estimate of drug-likeness (QED) is 0.764. The molecular weight excluding hydrogens is 190 g/mol. The van der Waals surface area contributed by atoms with Crippen LogP contribution in [0.3, 0.4) is 0 Å². The number of aliphatic hydroxyl groups excluding tert-OH is 1. The number of ether oxygens (including phenoxy) is 1. The van der Waals surface area contributed by atoms with Gasteiger partial charge in [-0.25, -0.2) is 0 Å². The Morgan fingerprint density at radius 2 is 2.20 bits per heavy atom. The van der Waals surface area contributed by atoms with Crippen LogP contribution in [0.2, 0.25) is 0 Å². The summed E-state index contributed by atoms with van der Waals surface area (Å²) >= 11 is 0. The van der Waals surface area contributed by atoms with E-state index in [-0.39, 0.29) is 12.0 Å². The van der Waals surface area contributed by atoms with Gasteiger partial charge in [0.15, 0.2) is 0 Å². The number of β-amino-alcohol motifs (C(OH)–C–C–N with tert-alkyl or cyclic N) is 1. The molecule has 3 heteroatoms. The molecule has 1 aromatic carbocycles. The molecule has 15 heavy (non-hydrogen) atoms. The predicted molar refractivity (Wildman–Crippen MR) is 59.2 cm³/mol. The number of nitrogens with one attached hydrogen (secondary N) is 1. The first-order chi connectivity index (χ1) is 7.33. The lowest BCUT2D eigenvalue weighted by atomic mass is 9.87. The monoisotopic (exact) mass is 207 g/mol. The van der Waals surface area contributed by atoms with E-state index in [1.54, 1.807) is 7.11 Å². The minimum Gasteiger partial charge on any atom is -0.496 e. The minimum atomic E-state index is -0.310. The Labute approximate surface area is 90.1 Å². The smallest absolute Gasteiger partial charge is 0.122 e. The largest absolute Gasteiger partial charge is 0.496 e. The van der Waals surface area contributed by atoms with Crippen molar-refractivity contribution in [2.45, 2.75) is 18.4 Å². The van der Waals surface area contributed by atoms with Crippen molar-refractivity contribution in [2.24, 2.45) is 0 Å². The highest BCUT2D eigenvalue weighted by atomic mass is 16.5. The average Bonchev–Trinajstić information content (AvgIpc) is 2.30. The number of hydrogen-bond acceptors (Lipinski definition) is 3. The van der Waals surface area contributed by atoms with Crippen LogP contribution in [0, 0.1) is 0 Å². The first-order valence-corrected chi connectivity index (χ1v) is 5.34. The van der Waals surface area contributed by atoms with Gasteiger partial charge in [0, 0.05) is 12.5 Å². The molecule has 2 N–H and O–H groups in total. The van der Waals surface area contributed by atoms with Crippen molar-refractivity contribution in [2.75, 3.05) is 20.2 Å². The highest BCUT2D eigenvalue weighted by Crippen LogP contribution is 2.32. The Morgan fingerprint density at radius 1 is 1.40 bits per heavy atom. The normalized spacial score (nSPS) is 26.3. The van der Waals surface area contributed by atoms with Gasteiger partial charge in [-0.15, -0.1) is 0 Å². The van der Waals surface area contributed by atoms with Gasteiger partial charge in [-0.05, 0) is 24.6 Å². The Bertz CT molecular complexity index is 327. The van der Waals surface area contributed by atoms with E-state index in [0.717, 1.165) is 24.3 Å². The second-order valence-electron chi connectivity index (χ2n) is 3.91. The van der Waals surface area contributed by atoms with Crippen LogP contribution in [0.5, 0.6) is 5.75 Å². The molecule has 1 heterocycles. The Kier molecular flexibility index (Phi) is 3.23. The highest BCUT2D eigenvalue weighted by molar-refractivity contribution is 5.37. The summed E-state index contributed by atoms with van der Waals surface area (Å²) in [6.45, 7) is 1.63. The summed E-state index contributed by atoms with van der Waals surface area (Å²) in [6, 6.07) is 7.94. The molecule has 0 bridgehead atoms. The SMILES string of the molecule is COc1ccccc1C1CCNCC1O. The number of rotatable bonds is 2. The summed E-state index contributed by atoms with van der Waals surface area (Å²) in [4.78, 5) is 0. The molecule has 0 aromatic heterocycles. The zero-order valence-corrected chi connectivity index (χ0v) is 8.94. The van der Waals surface area contributed by atoms with Crippen molar-refractivity contribution in [1.29, 1.82) is 0 Å². The van der Waals surface area contributed by atoms with Gasteiger partial charge in [0.05, 0.1) is 13.2 Å². The summed E-state index contributed by atoms with van der Waals surface area (Å²) in [5.41, 5.74) is 1.12. The van der Waals surface area contributed by atoms with E-state index in [9.17, 15) is 5.11 Å². The summed E-state index contributed by atoms with van der Waals surface area (Å²) < 4.78 is 5.32. The van der Waals surface area contributed by atoms with Crippen LogP contribution in [0.4, 0.5) is 0 Å². The van der Waals surface area contributed by atoms with Gasteiger partial charge in [0.2, 0.25) is 0 Å². The Hall–Kier alpha value is -1.06. The van der Waals surface area contributed by atoms with Crippen LogP contribution in [0.25, 0.3) is 0 Å². The number of aliphatic hydroxyl groups is 1. The molecule has 0 spiro atoms. The van der Waals surface area contributed by atoms with Gasteiger partial charge < -0.3 is 15.2 Å². The molecule has 2 unspecified atom stereocenters. The van der Waals surface area contributed by atoms with E-state index in [1.807, 2.05) is 24.3 Å². The number of benzene rings is 1. The zero-order chi connectivity index (χ0) is 10.7. The van der Waals surface area contributed by atoms with Gasteiger partial charge in [0.1, 0.15) is 5.75 Å². The Morgan fingerprint density at radius 3 is 2.93 bits per heavy atom. The van der Waals surface area contributed by atoms with Gasteiger partial charge in [-0.2, -0.15) is 0 Å². The lowest BCUT2D eigenvalue weighted by Gasteiger charge is -2.29. The van der Waals surface area contributed by atoms with E-state index in [1.165, 1.54) is 0 Å². The molecule has 0 amide bonds. The summed E-state index contributed by atoms with van der Waals surface area (Å²) in [5.74, 6) is 1.07. The second kappa shape index (κ2) is 4.64. The van der Waals surface area contributed by atoms with Gasteiger partial charge in [-0.1, -0.05) is 18.2 Å². The third kappa shape index (κ3) is 2.13. The summed E-state index contributed by atoms with van der Waals surface area (Å²) in [7, 11) is 1.67. The molecule has 0 radical (unpaired) electrons. The predicted octanol–water partition coefficient (Wildman–Crippen LogP) is 1.13. The van der Waals surface area contributed by atoms with Crippen molar-refractivity contribution >= 4 is 0 Å². The lowest BCUT2D eigenvalue weighted by Crippen LogP contribution is -2.39. The summed E-state index contributed by atoms with van der Waals surface area (Å²) in [6.07, 6.45) is 0.650. The average molecular weight is 207 g/mol. The summed E-state index contributed by atoms with van der Waals surface area (Å²) in [5, 5.41) is 13.1. The van der Waals surface area contributed by atoms with Gasteiger partial charge >= 0.3 is 0 Å². The zero-order valence-electron chi connectivity index (χ0n) is 8.94. The molecule has 82 valence electrons. The van der Waals surface area contributed by atoms with Crippen molar-refractivity contribution in [3.63, 3.8) is 0 Å². The molecular formula is C12H17NO2. The number of para-hydroxylation sites is 1. The maximum absolute atomic E-state index is 9.92. The first-order valence-electron chi connectivity index (χ1n) is 5.34. The van der Waals surface area contributed by atoms with Crippen LogP contribution < -0.4 is 10.1 Å². The maximum Gasteiger partial charge on any atom is 0.122 e. The molecule has 0 aliphatic carbocycles. The molecule has 0 saturated carbocycles. The number of piperidine rings is 1. The molecule has 3 nitrogen and oxygen atoms in total. The fourth-order valence-corrected chi connectivity index (χ4v) is 2.18. The van der Waals surface area contributed by atoms with E-state index >= 15 is 0 Å². The van der Waals surface area contributed by atoms with Gasteiger partial charge in [-0.3, -0.25) is 0 Å². The van der Waals surface area contributed by atoms with E-state index in [0.29, 0.717) is 6.54 Å². The molecule has 2 rings (SSSR count). The molecule has 1 aromatic rings. The third-order valence-electron chi connectivity index (χ3n) is 2.99. The molecule has 1 saturated heterocycles.